The minimum atomic E-state index is -1.05. The van der Waals surface area contributed by atoms with Crippen LogP contribution in [-0.2, 0) is 9.59 Å². The van der Waals surface area contributed by atoms with Gasteiger partial charge in [0, 0.05) is 0 Å². The smallest absolute Gasteiger partial charge is 0.326 e. The highest BCUT2D eigenvalue weighted by Crippen LogP contribution is 2.25. The van der Waals surface area contributed by atoms with Gasteiger partial charge in [0.05, 0.1) is 5.02 Å². The fraction of sp³-hybridized carbons (Fsp3) is 0.467. The Labute approximate surface area is 129 Å². The highest BCUT2D eigenvalue weighted by molar-refractivity contribution is 6.32. The Kier molecular flexibility index (Phi) is 6.49. The number of carbonyl (C=O) groups excluding carboxylic acids is 1. The second-order valence-corrected chi connectivity index (χ2v) is 5.40. The highest BCUT2D eigenvalue weighted by Gasteiger charge is 2.25. The van der Waals surface area contributed by atoms with Gasteiger partial charge in [0.1, 0.15) is 11.8 Å². The number of aryl methyl sites for hydroxylation is 1. The third-order valence-electron chi connectivity index (χ3n) is 3.24. The molecule has 0 aliphatic rings. The minimum absolute atomic E-state index is 0.158. The van der Waals surface area contributed by atoms with Crippen LogP contribution >= 0.6 is 11.6 Å². The van der Waals surface area contributed by atoms with Gasteiger partial charge in [-0.2, -0.15) is 0 Å². The van der Waals surface area contributed by atoms with Gasteiger partial charge < -0.3 is 15.2 Å². The van der Waals surface area contributed by atoms with Crippen molar-refractivity contribution in [3.05, 3.63) is 28.8 Å². The van der Waals surface area contributed by atoms with Crippen LogP contribution in [0.4, 0.5) is 0 Å². The summed E-state index contributed by atoms with van der Waals surface area (Å²) in [5.41, 5.74) is 0.956. The largest absolute Gasteiger partial charge is 0.482 e. The highest BCUT2D eigenvalue weighted by atomic mass is 35.5. The average molecular weight is 314 g/mol. The van der Waals surface area contributed by atoms with E-state index >= 15 is 0 Å². The summed E-state index contributed by atoms with van der Waals surface area (Å²) in [6, 6.07) is 4.32. The molecule has 0 saturated carbocycles. The maximum Gasteiger partial charge on any atom is 0.326 e. The van der Waals surface area contributed by atoms with Gasteiger partial charge in [-0.15, -0.1) is 0 Å². The van der Waals surface area contributed by atoms with E-state index in [9.17, 15) is 9.59 Å². The Morgan fingerprint density at radius 1 is 1.43 bits per heavy atom. The van der Waals surface area contributed by atoms with E-state index in [1.54, 1.807) is 19.1 Å². The maximum atomic E-state index is 11.8. The molecule has 0 spiro atoms. The summed E-state index contributed by atoms with van der Waals surface area (Å²) in [5.74, 6) is -1.29. The third-order valence-corrected chi connectivity index (χ3v) is 3.55. The third kappa shape index (κ3) is 5.27. The number of halogens is 1. The molecule has 0 aromatic heterocycles. The summed E-state index contributed by atoms with van der Waals surface area (Å²) in [5, 5.41) is 12.0. The van der Waals surface area contributed by atoms with Gasteiger partial charge >= 0.3 is 5.97 Å². The lowest BCUT2D eigenvalue weighted by Crippen LogP contribution is -2.46. The molecule has 0 bridgehead atoms. The lowest BCUT2D eigenvalue weighted by molar-refractivity contribution is -0.143. The molecule has 0 aliphatic heterocycles. The number of benzene rings is 1. The second kappa shape index (κ2) is 7.88. The summed E-state index contributed by atoms with van der Waals surface area (Å²) >= 11 is 5.96. The number of aliphatic carboxylic acids is 1. The zero-order chi connectivity index (χ0) is 16.0. The minimum Gasteiger partial charge on any atom is -0.482 e. The van der Waals surface area contributed by atoms with Crippen LogP contribution in [-0.4, -0.2) is 29.6 Å². The zero-order valence-corrected chi connectivity index (χ0v) is 13.1. The Balaban J connectivity index is 2.61. The van der Waals surface area contributed by atoms with Crippen molar-refractivity contribution in [3.63, 3.8) is 0 Å². The molecular weight excluding hydrogens is 294 g/mol. The summed E-state index contributed by atoms with van der Waals surface area (Å²) in [7, 11) is 0. The molecule has 2 N–H and O–H groups in total. The molecule has 0 saturated heterocycles. The van der Waals surface area contributed by atoms with E-state index in [-0.39, 0.29) is 12.5 Å². The SMILES string of the molecule is CCC(C)C(NC(=O)COc1cc(C)ccc1Cl)C(=O)O. The van der Waals surface area contributed by atoms with E-state index in [0.717, 1.165) is 5.56 Å². The Morgan fingerprint density at radius 2 is 2.10 bits per heavy atom. The molecule has 116 valence electrons. The van der Waals surface area contributed by atoms with E-state index in [2.05, 4.69) is 5.32 Å². The number of carboxylic acid groups (broad SMARTS) is 1. The summed E-state index contributed by atoms with van der Waals surface area (Å²) in [6.07, 6.45) is 0.655. The van der Waals surface area contributed by atoms with Gasteiger partial charge in [-0.05, 0) is 30.5 Å². The molecule has 1 aromatic rings. The van der Waals surface area contributed by atoms with E-state index in [1.807, 2.05) is 19.9 Å². The molecule has 1 amide bonds. The van der Waals surface area contributed by atoms with Crippen molar-refractivity contribution in [3.8, 4) is 5.75 Å². The van der Waals surface area contributed by atoms with Crippen LogP contribution in [0.1, 0.15) is 25.8 Å². The number of carbonyl (C=O) groups is 2. The monoisotopic (exact) mass is 313 g/mol. The Bertz CT molecular complexity index is 518. The first-order valence-electron chi connectivity index (χ1n) is 6.76. The molecule has 0 fully saturated rings. The first-order chi connectivity index (χ1) is 9.85. The van der Waals surface area contributed by atoms with Crippen molar-refractivity contribution in [1.82, 2.24) is 5.32 Å². The van der Waals surface area contributed by atoms with Crippen molar-refractivity contribution >= 4 is 23.5 Å². The predicted octanol–water partition coefficient (Wildman–Crippen LogP) is 2.64. The van der Waals surface area contributed by atoms with Gasteiger partial charge in [-0.25, -0.2) is 4.79 Å². The Hall–Kier alpha value is -1.75. The fourth-order valence-electron chi connectivity index (χ4n) is 1.76. The summed E-state index contributed by atoms with van der Waals surface area (Å²) in [6.45, 7) is 5.25. The predicted molar refractivity (Wildman–Crippen MR) is 80.7 cm³/mol. The maximum absolute atomic E-state index is 11.8. The van der Waals surface area contributed by atoms with Crippen molar-refractivity contribution in [1.29, 1.82) is 0 Å². The molecule has 0 heterocycles. The van der Waals surface area contributed by atoms with E-state index in [0.29, 0.717) is 17.2 Å². The van der Waals surface area contributed by atoms with Crippen LogP contribution < -0.4 is 10.1 Å². The number of rotatable bonds is 7. The lowest BCUT2D eigenvalue weighted by atomic mass is 9.99. The summed E-state index contributed by atoms with van der Waals surface area (Å²) in [4.78, 5) is 22.9. The van der Waals surface area contributed by atoms with Crippen molar-refractivity contribution in [2.24, 2.45) is 5.92 Å². The van der Waals surface area contributed by atoms with Gasteiger partial charge in [0.2, 0.25) is 0 Å². The molecule has 6 heteroatoms. The molecule has 1 aromatic carbocycles. The van der Waals surface area contributed by atoms with Crippen molar-refractivity contribution in [2.75, 3.05) is 6.61 Å². The van der Waals surface area contributed by atoms with Crippen LogP contribution in [0.2, 0.25) is 5.02 Å². The number of hydrogen-bond acceptors (Lipinski definition) is 3. The van der Waals surface area contributed by atoms with Crippen LogP contribution in [0.25, 0.3) is 0 Å². The summed E-state index contributed by atoms with van der Waals surface area (Å²) < 4.78 is 5.34. The molecule has 0 aliphatic carbocycles. The van der Waals surface area contributed by atoms with Crippen molar-refractivity contribution in [2.45, 2.75) is 33.2 Å². The van der Waals surface area contributed by atoms with Gasteiger partial charge in [0.25, 0.3) is 5.91 Å². The Morgan fingerprint density at radius 3 is 2.67 bits per heavy atom. The van der Waals surface area contributed by atoms with Gasteiger partial charge in [-0.3, -0.25) is 4.79 Å². The topological polar surface area (TPSA) is 75.6 Å². The quantitative estimate of drug-likeness (QED) is 0.811. The van der Waals surface area contributed by atoms with E-state index in [1.165, 1.54) is 0 Å². The standard InChI is InChI=1S/C15H20ClNO4/c1-4-10(3)14(15(19)20)17-13(18)8-21-12-7-9(2)5-6-11(12)16/h5-7,10,14H,4,8H2,1-3H3,(H,17,18)(H,19,20). The van der Waals surface area contributed by atoms with Crippen LogP contribution in [0, 0.1) is 12.8 Å². The lowest BCUT2D eigenvalue weighted by Gasteiger charge is -2.20. The fourth-order valence-corrected chi connectivity index (χ4v) is 1.93. The number of amides is 1. The molecule has 21 heavy (non-hydrogen) atoms. The van der Waals surface area contributed by atoms with E-state index in [4.69, 9.17) is 21.4 Å². The van der Waals surface area contributed by atoms with Crippen molar-refractivity contribution < 1.29 is 19.4 Å². The van der Waals surface area contributed by atoms with Crippen LogP contribution in [0.3, 0.4) is 0 Å². The number of carboxylic acids is 1. The number of nitrogens with one attached hydrogen (secondary N) is 1. The molecule has 2 unspecified atom stereocenters. The van der Waals surface area contributed by atoms with Gasteiger partial charge in [0.15, 0.2) is 6.61 Å². The van der Waals surface area contributed by atoms with E-state index < -0.39 is 17.9 Å². The molecule has 1 rings (SSSR count). The molecule has 0 radical (unpaired) electrons. The zero-order valence-electron chi connectivity index (χ0n) is 12.4. The average Bonchev–Trinajstić information content (AvgIpc) is 2.44. The molecule has 2 atom stereocenters. The van der Waals surface area contributed by atoms with Crippen LogP contribution in [0.15, 0.2) is 18.2 Å². The normalized spacial score (nSPS) is 13.3. The number of ether oxygens (including phenoxy) is 1. The van der Waals surface area contributed by atoms with Crippen LogP contribution in [0.5, 0.6) is 5.75 Å². The number of hydrogen-bond donors (Lipinski definition) is 2. The first-order valence-corrected chi connectivity index (χ1v) is 7.14. The second-order valence-electron chi connectivity index (χ2n) is 4.99. The molecule has 5 nitrogen and oxygen atoms in total. The molecular formula is C15H20ClNO4. The first kappa shape index (κ1) is 17.3. The van der Waals surface area contributed by atoms with Gasteiger partial charge in [-0.1, -0.05) is 37.9 Å².